The van der Waals surface area contributed by atoms with E-state index in [1.54, 1.807) is 10.9 Å². The zero-order valence-corrected chi connectivity index (χ0v) is 10.9. The summed E-state index contributed by atoms with van der Waals surface area (Å²) in [6, 6.07) is 8.53. The summed E-state index contributed by atoms with van der Waals surface area (Å²) >= 11 is 1.88. The normalized spacial score (nSPS) is 19.8. The van der Waals surface area contributed by atoms with Crippen LogP contribution in [0.1, 0.15) is 23.2 Å². The molecule has 0 aliphatic carbocycles. The molecule has 0 radical (unpaired) electrons. The molecule has 0 saturated carbocycles. The van der Waals surface area contributed by atoms with Crippen LogP contribution in [0.2, 0.25) is 0 Å². The van der Waals surface area contributed by atoms with Crippen LogP contribution in [0.25, 0.3) is 0 Å². The van der Waals surface area contributed by atoms with Gasteiger partial charge in [-0.2, -0.15) is 0 Å². The van der Waals surface area contributed by atoms with Gasteiger partial charge >= 0.3 is 0 Å². The molecule has 94 valence electrons. The summed E-state index contributed by atoms with van der Waals surface area (Å²) in [5.41, 5.74) is 5.28. The van der Waals surface area contributed by atoms with Gasteiger partial charge in [-0.1, -0.05) is 23.4 Å². The lowest BCUT2D eigenvalue weighted by atomic mass is 9.92. The predicted molar refractivity (Wildman–Crippen MR) is 71.0 cm³/mol. The molecule has 1 aromatic heterocycles. The van der Waals surface area contributed by atoms with Gasteiger partial charge in [-0.3, -0.25) is 16.0 Å². The lowest BCUT2D eigenvalue weighted by Crippen LogP contribution is -2.34. The van der Waals surface area contributed by atoms with Crippen LogP contribution < -0.4 is 11.3 Å². The molecule has 1 aromatic carbocycles. The Kier molecular flexibility index (Phi) is 3.07. The molecule has 3 N–H and O–H groups in total. The minimum absolute atomic E-state index is 0.0427. The monoisotopic (exact) mass is 261 g/mol. The van der Waals surface area contributed by atoms with Gasteiger partial charge in [0.15, 0.2) is 0 Å². The number of fused-ring (bicyclic) bond motifs is 1. The lowest BCUT2D eigenvalue weighted by Gasteiger charge is -2.22. The van der Waals surface area contributed by atoms with E-state index in [4.69, 9.17) is 5.84 Å². The molecule has 5 nitrogen and oxygen atoms in total. The maximum atomic E-state index is 5.74. The smallest absolute Gasteiger partial charge is 0.0773 e. The minimum Gasteiger partial charge on any atom is -0.271 e. The quantitative estimate of drug-likeness (QED) is 0.642. The van der Waals surface area contributed by atoms with Crippen molar-refractivity contribution in [2.75, 3.05) is 5.75 Å². The topological polar surface area (TPSA) is 68.8 Å². The molecule has 2 atom stereocenters. The van der Waals surface area contributed by atoms with Gasteiger partial charge in [-0.25, -0.2) is 0 Å². The van der Waals surface area contributed by atoms with E-state index in [9.17, 15) is 0 Å². The Morgan fingerprint density at radius 2 is 2.33 bits per heavy atom. The Morgan fingerprint density at radius 3 is 3.06 bits per heavy atom. The molecule has 2 unspecified atom stereocenters. The Balaban J connectivity index is 1.98. The van der Waals surface area contributed by atoms with Gasteiger partial charge in [0.05, 0.1) is 17.9 Å². The second-order valence-electron chi connectivity index (χ2n) is 4.38. The molecule has 0 spiro atoms. The van der Waals surface area contributed by atoms with Gasteiger partial charge in [-0.05, 0) is 11.6 Å². The molecule has 18 heavy (non-hydrogen) atoms. The van der Waals surface area contributed by atoms with Crippen molar-refractivity contribution in [1.82, 2.24) is 20.4 Å². The maximum Gasteiger partial charge on any atom is 0.0773 e. The summed E-state index contributed by atoms with van der Waals surface area (Å²) in [4.78, 5) is 1.35. The number of hydrogen-bond acceptors (Lipinski definition) is 5. The summed E-state index contributed by atoms with van der Waals surface area (Å²) in [5.74, 6) is 7.12. The highest BCUT2D eigenvalue weighted by atomic mass is 32.2. The zero-order valence-electron chi connectivity index (χ0n) is 10.1. The maximum absolute atomic E-state index is 5.74. The first kappa shape index (κ1) is 11.7. The second-order valence-corrected chi connectivity index (χ2v) is 5.44. The number of hydrogen-bond donors (Lipinski definition) is 2. The van der Waals surface area contributed by atoms with E-state index in [1.807, 2.05) is 18.8 Å². The van der Waals surface area contributed by atoms with Crippen LogP contribution >= 0.6 is 11.8 Å². The summed E-state index contributed by atoms with van der Waals surface area (Å²) in [5, 5.41) is 7.91. The van der Waals surface area contributed by atoms with Gasteiger partial charge in [0.25, 0.3) is 0 Å². The summed E-state index contributed by atoms with van der Waals surface area (Å²) in [6.07, 6.45) is 1.77. The fraction of sp³-hybridized carbons (Fsp3) is 0.333. The third-order valence-electron chi connectivity index (χ3n) is 3.39. The molecule has 0 saturated heterocycles. The van der Waals surface area contributed by atoms with E-state index in [0.29, 0.717) is 5.92 Å². The average molecular weight is 261 g/mol. The molecule has 0 bridgehead atoms. The van der Waals surface area contributed by atoms with Crippen LogP contribution in [-0.4, -0.2) is 20.7 Å². The van der Waals surface area contributed by atoms with Gasteiger partial charge in [0.1, 0.15) is 0 Å². The fourth-order valence-corrected chi connectivity index (χ4v) is 3.74. The van der Waals surface area contributed by atoms with Gasteiger partial charge in [0, 0.05) is 23.6 Å². The molecular weight excluding hydrogens is 246 g/mol. The minimum atomic E-state index is 0.0427. The number of benzene rings is 1. The Morgan fingerprint density at radius 1 is 1.50 bits per heavy atom. The van der Waals surface area contributed by atoms with Crippen LogP contribution in [0.15, 0.2) is 35.4 Å². The van der Waals surface area contributed by atoms with Crippen molar-refractivity contribution in [3.05, 3.63) is 41.7 Å². The molecule has 1 aliphatic rings. The number of hydrazine groups is 1. The molecule has 6 heteroatoms. The van der Waals surface area contributed by atoms with Crippen LogP contribution in [0.5, 0.6) is 0 Å². The van der Waals surface area contributed by atoms with E-state index >= 15 is 0 Å². The summed E-state index contributed by atoms with van der Waals surface area (Å²) < 4.78 is 1.77. The highest BCUT2D eigenvalue weighted by molar-refractivity contribution is 7.99. The summed E-state index contributed by atoms with van der Waals surface area (Å²) in [6.45, 7) is 0. The molecule has 3 rings (SSSR count). The third-order valence-corrected chi connectivity index (χ3v) is 4.60. The van der Waals surface area contributed by atoms with Crippen molar-refractivity contribution >= 4 is 11.8 Å². The number of rotatable bonds is 3. The van der Waals surface area contributed by atoms with E-state index < -0.39 is 0 Å². The molecule has 2 heterocycles. The van der Waals surface area contributed by atoms with Crippen LogP contribution in [-0.2, 0) is 7.05 Å². The van der Waals surface area contributed by atoms with E-state index in [1.165, 1.54) is 10.5 Å². The molecule has 0 fully saturated rings. The molecule has 0 amide bonds. The largest absolute Gasteiger partial charge is 0.271 e. The summed E-state index contributed by atoms with van der Waals surface area (Å²) in [7, 11) is 1.89. The van der Waals surface area contributed by atoms with Crippen LogP contribution in [0, 0.1) is 0 Å². The van der Waals surface area contributed by atoms with Crippen molar-refractivity contribution < 1.29 is 0 Å². The highest BCUT2D eigenvalue weighted by Gasteiger charge is 2.32. The first-order valence-electron chi connectivity index (χ1n) is 5.83. The lowest BCUT2D eigenvalue weighted by molar-refractivity contribution is 0.453. The highest BCUT2D eigenvalue weighted by Crippen LogP contribution is 2.44. The predicted octanol–water partition coefficient (Wildman–Crippen LogP) is 1.21. The number of nitrogens with zero attached hydrogens (tertiary/aromatic N) is 3. The van der Waals surface area contributed by atoms with Crippen molar-refractivity contribution in [2.45, 2.75) is 16.9 Å². The van der Waals surface area contributed by atoms with Crippen molar-refractivity contribution in [1.29, 1.82) is 0 Å². The Labute approximate surface area is 110 Å². The standard InChI is InChI=1S/C12H15N5S/c1-17-10(6-14-16-17)12(15-13)9-7-18-11-5-3-2-4-8(9)11/h2-6,9,12,15H,7,13H2,1H3. The van der Waals surface area contributed by atoms with Crippen LogP contribution in [0.4, 0.5) is 0 Å². The Hall–Kier alpha value is -1.37. The van der Waals surface area contributed by atoms with Crippen molar-refractivity contribution in [3.63, 3.8) is 0 Å². The van der Waals surface area contributed by atoms with Crippen LogP contribution in [0.3, 0.4) is 0 Å². The second kappa shape index (κ2) is 4.72. The van der Waals surface area contributed by atoms with Gasteiger partial charge in [-0.15, -0.1) is 16.9 Å². The number of nitrogens with two attached hydrogens (primary N) is 1. The molecular formula is C12H15N5S. The van der Waals surface area contributed by atoms with Crippen molar-refractivity contribution in [3.8, 4) is 0 Å². The Bertz CT molecular complexity index is 553. The molecule has 1 aliphatic heterocycles. The van der Waals surface area contributed by atoms with Crippen molar-refractivity contribution in [2.24, 2.45) is 12.9 Å². The first-order valence-corrected chi connectivity index (χ1v) is 6.82. The van der Waals surface area contributed by atoms with Gasteiger partial charge in [0.2, 0.25) is 0 Å². The van der Waals surface area contributed by atoms with E-state index in [0.717, 1.165) is 11.4 Å². The SMILES string of the molecule is Cn1nncc1C(NN)C1CSc2ccccc21. The zero-order chi connectivity index (χ0) is 12.5. The number of nitrogens with one attached hydrogen (secondary N) is 1. The first-order chi connectivity index (χ1) is 8.81. The third kappa shape index (κ3) is 1.82. The fourth-order valence-electron chi connectivity index (χ4n) is 2.45. The number of aryl methyl sites for hydroxylation is 1. The van der Waals surface area contributed by atoms with Gasteiger partial charge < -0.3 is 0 Å². The van der Waals surface area contributed by atoms with E-state index in [2.05, 4.69) is 40.0 Å². The number of thioether (sulfide) groups is 1. The number of aromatic nitrogens is 3. The molecule has 2 aromatic rings. The van der Waals surface area contributed by atoms with E-state index in [-0.39, 0.29) is 6.04 Å². The average Bonchev–Trinajstić information content (AvgIpc) is 2.99.